The highest BCUT2D eigenvalue weighted by Gasteiger charge is 2.34. The Labute approximate surface area is 99.7 Å². The molecule has 0 radical (unpaired) electrons. The molecule has 0 aromatic carbocycles. The number of rotatable bonds is 3. The lowest BCUT2D eigenvalue weighted by Crippen LogP contribution is -2.61. The maximum atomic E-state index is 5.29. The molecule has 0 bridgehead atoms. The first-order valence-electron chi connectivity index (χ1n) is 6.71. The molecule has 2 fully saturated rings. The molecule has 16 heavy (non-hydrogen) atoms. The third kappa shape index (κ3) is 2.58. The van der Waals surface area contributed by atoms with Crippen LogP contribution in [-0.4, -0.2) is 61.3 Å². The van der Waals surface area contributed by atoms with Gasteiger partial charge in [0.05, 0.1) is 6.61 Å². The van der Waals surface area contributed by atoms with Gasteiger partial charge in [0.15, 0.2) is 0 Å². The van der Waals surface area contributed by atoms with Gasteiger partial charge < -0.3 is 4.74 Å². The average Bonchev–Trinajstić information content (AvgIpc) is 2.28. The van der Waals surface area contributed by atoms with Crippen molar-refractivity contribution in [3.05, 3.63) is 0 Å². The number of fused-ring (bicyclic) bond motifs is 1. The van der Waals surface area contributed by atoms with Crippen LogP contribution in [-0.2, 0) is 4.74 Å². The zero-order valence-electron chi connectivity index (χ0n) is 11.0. The number of methoxy groups -OCH3 is 1. The van der Waals surface area contributed by atoms with E-state index in [9.17, 15) is 0 Å². The lowest BCUT2D eigenvalue weighted by molar-refractivity contribution is -0.0210. The highest BCUT2D eigenvalue weighted by molar-refractivity contribution is 4.90. The minimum absolute atomic E-state index is 0.559. The second kappa shape index (κ2) is 5.48. The van der Waals surface area contributed by atoms with Gasteiger partial charge in [0.25, 0.3) is 0 Å². The quantitative estimate of drug-likeness (QED) is 0.726. The summed E-state index contributed by atoms with van der Waals surface area (Å²) in [6.45, 7) is 9.32. The van der Waals surface area contributed by atoms with Crippen molar-refractivity contribution in [2.24, 2.45) is 0 Å². The minimum atomic E-state index is 0.559. The number of ether oxygens (including phenoxy) is 1. The largest absolute Gasteiger partial charge is 0.383 e. The van der Waals surface area contributed by atoms with Crippen molar-refractivity contribution in [3.8, 4) is 0 Å². The van der Waals surface area contributed by atoms with Crippen LogP contribution in [0.5, 0.6) is 0 Å². The van der Waals surface area contributed by atoms with Crippen molar-refractivity contribution >= 4 is 0 Å². The summed E-state index contributed by atoms with van der Waals surface area (Å²) in [5.41, 5.74) is 0. The standard InChI is InChI=1S/C13H26N2O/c1-11-8-14-7-5-4-6-13(14)9-15(11)12(2)10-16-3/h11-13H,4-10H2,1-3H3. The van der Waals surface area contributed by atoms with E-state index in [2.05, 4.69) is 23.6 Å². The zero-order chi connectivity index (χ0) is 11.5. The minimum Gasteiger partial charge on any atom is -0.383 e. The summed E-state index contributed by atoms with van der Waals surface area (Å²) < 4.78 is 5.29. The molecule has 0 aliphatic carbocycles. The Bertz CT molecular complexity index is 222. The van der Waals surface area contributed by atoms with Crippen LogP contribution < -0.4 is 0 Å². The lowest BCUT2D eigenvalue weighted by atomic mass is 9.96. The van der Waals surface area contributed by atoms with Gasteiger partial charge in [-0.15, -0.1) is 0 Å². The molecule has 2 aliphatic heterocycles. The van der Waals surface area contributed by atoms with Gasteiger partial charge in [0, 0.05) is 38.3 Å². The van der Waals surface area contributed by atoms with Crippen molar-refractivity contribution in [1.29, 1.82) is 0 Å². The van der Waals surface area contributed by atoms with E-state index in [0.717, 1.165) is 12.6 Å². The Morgan fingerprint density at radius 1 is 1.31 bits per heavy atom. The van der Waals surface area contributed by atoms with Crippen molar-refractivity contribution < 1.29 is 4.74 Å². The molecule has 94 valence electrons. The summed E-state index contributed by atoms with van der Waals surface area (Å²) in [7, 11) is 1.80. The Balaban J connectivity index is 1.94. The van der Waals surface area contributed by atoms with Gasteiger partial charge in [-0.2, -0.15) is 0 Å². The summed E-state index contributed by atoms with van der Waals surface area (Å²) in [5, 5.41) is 0. The van der Waals surface area contributed by atoms with E-state index in [0.29, 0.717) is 12.1 Å². The second-order valence-electron chi connectivity index (χ2n) is 5.49. The number of piperazine rings is 1. The van der Waals surface area contributed by atoms with E-state index in [1.807, 2.05) is 0 Å². The molecule has 0 saturated carbocycles. The van der Waals surface area contributed by atoms with E-state index in [4.69, 9.17) is 4.74 Å². The van der Waals surface area contributed by atoms with Crippen LogP contribution >= 0.6 is 0 Å². The molecule has 3 unspecified atom stereocenters. The van der Waals surface area contributed by atoms with Crippen molar-refractivity contribution in [3.63, 3.8) is 0 Å². The number of hydrogen-bond donors (Lipinski definition) is 0. The Hall–Kier alpha value is -0.120. The van der Waals surface area contributed by atoms with Gasteiger partial charge in [0.2, 0.25) is 0 Å². The predicted molar refractivity (Wildman–Crippen MR) is 66.7 cm³/mol. The molecule has 0 aromatic rings. The van der Waals surface area contributed by atoms with E-state index in [1.54, 1.807) is 7.11 Å². The molecule has 3 heteroatoms. The fraction of sp³-hybridized carbons (Fsp3) is 1.00. The maximum absolute atomic E-state index is 5.29. The molecule has 0 N–H and O–H groups in total. The Kier molecular flexibility index (Phi) is 4.22. The smallest absolute Gasteiger partial charge is 0.0615 e. The van der Waals surface area contributed by atoms with Crippen LogP contribution in [0.25, 0.3) is 0 Å². The summed E-state index contributed by atoms with van der Waals surface area (Å²) in [5.74, 6) is 0. The van der Waals surface area contributed by atoms with Crippen LogP contribution in [0.3, 0.4) is 0 Å². The van der Waals surface area contributed by atoms with Gasteiger partial charge >= 0.3 is 0 Å². The first-order valence-corrected chi connectivity index (χ1v) is 6.71. The predicted octanol–water partition coefficient (Wildman–Crippen LogP) is 1.58. The maximum Gasteiger partial charge on any atom is 0.0615 e. The number of piperidine rings is 1. The van der Waals surface area contributed by atoms with Crippen LogP contribution in [0.1, 0.15) is 33.1 Å². The van der Waals surface area contributed by atoms with E-state index in [1.165, 1.54) is 38.9 Å². The normalized spacial score (nSPS) is 34.7. The van der Waals surface area contributed by atoms with Gasteiger partial charge in [-0.25, -0.2) is 0 Å². The molecule has 2 rings (SSSR count). The van der Waals surface area contributed by atoms with Crippen LogP contribution in [0.4, 0.5) is 0 Å². The Morgan fingerprint density at radius 3 is 2.88 bits per heavy atom. The molecule has 0 spiro atoms. The summed E-state index contributed by atoms with van der Waals surface area (Å²) in [4.78, 5) is 5.33. The lowest BCUT2D eigenvalue weighted by Gasteiger charge is -2.49. The monoisotopic (exact) mass is 226 g/mol. The fourth-order valence-corrected chi connectivity index (χ4v) is 3.33. The average molecular weight is 226 g/mol. The summed E-state index contributed by atoms with van der Waals surface area (Å²) in [6.07, 6.45) is 4.21. The molecule has 2 aliphatic rings. The topological polar surface area (TPSA) is 15.7 Å². The third-order valence-electron chi connectivity index (χ3n) is 4.21. The first kappa shape index (κ1) is 12.3. The molecule has 0 amide bonds. The summed E-state index contributed by atoms with van der Waals surface area (Å²) in [6, 6.07) is 2.05. The number of hydrogen-bond acceptors (Lipinski definition) is 3. The fourth-order valence-electron chi connectivity index (χ4n) is 3.33. The van der Waals surface area contributed by atoms with Gasteiger partial charge in [-0.05, 0) is 33.2 Å². The second-order valence-corrected chi connectivity index (χ2v) is 5.49. The molecule has 2 heterocycles. The molecule has 0 aromatic heterocycles. The van der Waals surface area contributed by atoms with E-state index in [-0.39, 0.29) is 0 Å². The molecular weight excluding hydrogens is 200 g/mol. The molecule has 3 nitrogen and oxygen atoms in total. The molecular formula is C13H26N2O. The van der Waals surface area contributed by atoms with Gasteiger partial charge in [-0.3, -0.25) is 9.80 Å². The van der Waals surface area contributed by atoms with Crippen molar-refractivity contribution in [2.75, 3.05) is 33.4 Å². The van der Waals surface area contributed by atoms with E-state index < -0.39 is 0 Å². The zero-order valence-corrected chi connectivity index (χ0v) is 11.0. The van der Waals surface area contributed by atoms with Crippen LogP contribution in [0, 0.1) is 0 Å². The first-order chi connectivity index (χ1) is 7.72. The van der Waals surface area contributed by atoms with Crippen molar-refractivity contribution in [2.45, 2.75) is 51.2 Å². The molecule has 2 saturated heterocycles. The SMILES string of the molecule is COCC(C)N1CC2CCCCN2CC1C. The molecule has 3 atom stereocenters. The number of nitrogens with zero attached hydrogens (tertiary/aromatic N) is 2. The van der Waals surface area contributed by atoms with Crippen LogP contribution in [0.2, 0.25) is 0 Å². The van der Waals surface area contributed by atoms with Crippen molar-refractivity contribution in [1.82, 2.24) is 9.80 Å². The summed E-state index contributed by atoms with van der Waals surface area (Å²) >= 11 is 0. The Morgan fingerprint density at radius 2 is 2.12 bits per heavy atom. The van der Waals surface area contributed by atoms with Gasteiger partial charge in [-0.1, -0.05) is 6.42 Å². The van der Waals surface area contributed by atoms with Gasteiger partial charge in [0.1, 0.15) is 0 Å². The third-order valence-corrected chi connectivity index (χ3v) is 4.21. The van der Waals surface area contributed by atoms with E-state index >= 15 is 0 Å². The highest BCUT2D eigenvalue weighted by atomic mass is 16.5. The highest BCUT2D eigenvalue weighted by Crippen LogP contribution is 2.25. The van der Waals surface area contributed by atoms with Crippen LogP contribution in [0.15, 0.2) is 0 Å².